The van der Waals surface area contributed by atoms with Gasteiger partial charge in [0.15, 0.2) is 0 Å². The highest BCUT2D eigenvalue weighted by Gasteiger charge is 2.08. The Labute approximate surface area is 80.6 Å². The van der Waals surface area contributed by atoms with Crippen LogP contribution >= 0.6 is 11.3 Å². The van der Waals surface area contributed by atoms with Gasteiger partial charge in [0.05, 0.1) is 11.1 Å². The Morgan fingerprint density at radius 1 is 1.85 bits per heavy atom. The van der Waals surface area contributed by atoms with Crippen LogP contribution in [-0.2, 0) is 0 Å². The van der Waals surface area contributed by atoms with Crippen molar-refractivity contribution in [1.29, 1.82) is 0 Å². The van der Waals surface area contributed by atoms with Crippen molar-refractivity contribution in [3.63, 3.8) is 0 Å². The van der Waals surface area contributed by atoms with Crippen LogP contribution in [0, 0.1) is 6.92 Å². The highest BCUT2D eigenvalue weighted by atomic mass is 32.1. The number of carbonyl (C=O) groups excluding carboxylic acids is 1. The smallest absolute Gasteiger partial charge is 0.270 e. The number of carbonyl (C=O) groups is 1. The topological polar surface area (TPSA) is 62.2 Å². The molecule has 0 radical (unpaired) electrons. The van der Waals surface area contributed by atoms with Crippen molar-refractivity contribution in [3.8, 4) is 0 Å². The molecule has 1 amide bonds. The van der Waals surface area contributed by atoms with E-state index >= 15 is 0 Å². The SMILES string of the molecule is Cc1nc(C(=O)NC[C@H](C)O)cs1. The second-order valence-corrected chi connectivity index (χ2v) is 3.87. The Morgan fingerprint density at radius 3 is 3.00 bits per heavy atom. The maximum Gasteiger partial charge on any atom is 0.270 e. The second-order valence-electron chi connectivity index (χ2n) is 2.81. The van der Waals surface area contributed by atoms with Crippen LogP contribution in [0.1, 0.15) is 22.4 Å². The lowest BCUT2D eigenvalue weighted by Gasteiger charge is -2.04. The first-order valence-corrected chi connectivity index (χ1v) is 4.86. The molecule has 1 heterocycles. The van der Waals surface area contributed by atoms with Gasteiger partial charge in [0.25, 0.3) is 5.91 Å². The maximum absolute atomic E-state index is 11.3. The lowest BCUT2D eigenvalue weighted by molar-refractivity contribution is 0.0919. The fourth-order valence-electron chi connectivity index (χ4n) is 0.799. The fraction of sp³-hybridized carbons (Fsp3) is 0.500. The van der Waals surface area contributed by atoms with Gasteiger partial charge >= 0.3 is 0 Å². The Kier molecular flexibility index (Phi) is 3.39. The van der Waals surface area contributed by atoms with Gasteiger partial charge in [-0.2, -0.15) is 0 Å². The number of amides is 1. The average Bonchev–Trinajstić information content (AvgIpc) is 2.47. The van der Waals surface area contributed by atoms with Crippen LogP contribution in [0.2, 0.25) is 0 Å². The van der Waals surface area contributed by atoms with E-state index in [1.54, 1.807) is 12.3 Å². The Bertz CT molecular complexity index is 296. The summed E-state index contributed by atoms with van der Waals surface area (Å²) in [6.07, 6.45) is -0.524. The summed E-state index contributed by atoms with van der Waals surface area (Å²) in [5, 5.41) is 14.1. The van der Waals surface area contributed by atoms with Crippen LogP contribution in [-0.4, -0.2) is 28.6 Å². The lowest BCUT2D eigenvalue weighted by atomic mass is 10.4. The van der Waals surface area contributed by atoms with Crippen LogP contribution in [0.3, 0.4) is 0 Å². The predicted octanol–water partition coefficient (Wildman–Crippen LogP) is 0.562. The van der Waals surface area contributed by atoms with Gasteiger partial charge in [-0.1, -0.05) is 0 Å². The average molecular weight is 200 g/mol. The van der Waals surface area contributed by atoms with Gasteiger partial charge in [0, 0.05) is 11.9 Å². The Balaban J connectivity index is 2.49. The van der Waals surface area contributed by atoms with Crippen LogP contribution in [0.15, 0.2) is 5.38 Å². The van der Waals surface area contributed by atoms with E-state index in [0.29, 0.717) is 5.69 Å². The zero-order valence-corrected chi connectivity index (χ0v) is 8.39. The van der Waals surface area contributed by atoms with Crippen LogP contribution in [0.5, 0.6) is 0 Å². The molecule has 0 saturated heterocycles. The van der Waals surface area contributed by atoms with E-state index in [1.807, 2.05) is 6.92 Å². The van der Waals surface area contributed by atoms with Gasteiger partial charge in [-0.25, -0.2) is 4.98 Å². The molecule has 0 aliphatic rings. The third-order valence-corrected chi connectivity index (χ3v) is 2.18. The van der Waals surface area contributed by atoms with E-state index in [4.69, 9.17) is 5.11 Å². The number of aryl methyl sites for hydroxylation is 1. The Hall–Kier alpha value is -0.940. The molecular weight excluding hydrogens is 188 g/mol. The summed E-state index contributed by atoms with van der Waals surface area (Å²) >= 11 is 1.43. The molecule has 0 fully saturated rings. The van der Waals surface area contributed by atoms with Crippen molar-refractivity contribution in [1.82, 2.24) is 10.3 Å². The van der Waals surface area contributed by atoms with E-state index < -0.39 is 6.10 Å². The first kappa shape index (κ1) is 10.1. The number of nitrogens with one attached hydrogen (secondary N) is 1. The largest absolute Gasteiger partial charge is 0.392 e. The van der Waals surface area contributed by atoms with Gasteiger partial charge < -0.3 is 10.4 Å². The minimum atomic E-state index is -0.524. The van der Waals surface area contributed by atoms with Crippen molar-refractivity contribution in [2.75, 3.05) is 6.54 Å². The van der Waals surface area contributed by atoms with Crippen molar-refractivity contribution >= 4 is 17.2 Å². The molecule has 2 N–H and O–H groups in total. The molecule has 0 spiro atoms. The quantitative estimate of drug-likeness (QED) is 0.749. The van der Waals surface area contributed by atoms with Gasteiger partial charge in [-0.05, 0) is 13.8 Å². The molecule has 5 heteroatoms. The van der Waals surface area contributed by atoms with Crippen molar-refractivity contribution in [2.24, 2.45) is 0 Å². The van der Waals surface area contributed by atoms with E-state index in [-0.39, 0.29) is 12.5 Å². The van der Waals surface area contributed by atoms with Crippen LogP contribution in [0.25, 0.3) is 0 Å². The standard InChI is InChI=1S/C8H12N2O2S/c1-5(11)3-9-8(12)7-4-13-6(2)10-7/h4-5,11H,3H2,1-2H3,(H,9,12)/t5-/m0/s1. The number of hydrogen-bond acceptors (Lipinski definition) is 4. The summed E-state index contributed by atoms with van der Waals surface area (Å²) in [4.78, 5) is 15.3. The third-order valence-electron chi connectivity index (χ3n) is 1.41. The molecule has 0 unspecified atom stereocenters. The third kappa shape index (κ3) is 3.12. The minimum Gasteiger partial charge on any atom is -0.392 e. The molecule has 1 rings (SSSR count). The molecular formula is C8H12N2O2S. The number of aliphatic hydroxyl groups excluding tert-OH is 1. The first-order valence-electron chi connectivity index (χ1n) is 3.98. The fourth-order valence-corrected chi connectivity index (χ4v) is 1.39. The first-order chi connectivity index (χ1) is 6.09. The molecule has 0 bridgehead atoms. The molecule has 0 saturated carbocycles. The minimum absolute atomic E-state index is 0.231. The number of rotatable bonds is 3. The highest BCUT2D eigenvalue weighted by Crippen LogP contribution is 2.07. The highest BCUT2D eigenvalue weighted by molar-refractivity contribution is 7.09. The van der Waals surface area contributed by atoms with Crippen molar-refractivity contribution in [3.05, 3.63) is 16.1 Å². The monoisotopic (exact) mass is 200 g/mol. The normalized spacial score (nSPS) is 12.5. The van der Waals surface area contributed by atoms with Crippen LogP contribution < -0.4 is 5.32 Å². The molecule has 0 aromatic carbocycles. The molecule has 1 atom stereocenters. The number of nitrogens with zero attached hydrogens (tertiary/aromatic N) is 1. The zero-order valence-electron chi connectivity index (χ0n) is 7.57. The molecule has 13 heavy (non-hydrogen) atoms. The van der Waals surface area contributed by atoms with E-state index in [0.717, 1.165) is 5.01 Å². The molecule has 4 nitrogen and oxygen atoms in total. The van der Waals surface area contributed by atoms with Crippen molar-refractivity contribution in [2.45, 2.75) is 20.0 Å². The molecule has 0 aliphatic carbocycles. The zero-order chi connectivity index (χ0) is 9.84. The van der Waals surface area contributed by atoms with E-state index in [9.17, 15) is 4.79 Å². The van der Waals surface area contributed by atoms with E-state index in [1.165, 1.54) is 11.3 Å². The molecule has 1 aromatic heterocycles. The number of aromatic nitrogens is 1. The number of aliphatic hydroxyl groups is 1. The van der Waals surface area contributed by atoms with E-state index in [2.05, 4.69) is 10.3 Å². The second kappa shape index (κ2) is 4.34. The van der Waals surface area contributed by atoms with Gasteiger partial charge in [-0.3, -0.25) is 4.79 Å². The number of hydrogen-bond donors (Lipinski definition) is 2. The lowest BCUT2D eigenvalue weighted by Crippen LogP contribution is -2.30. The summed E-state index contributed by atoms with van der Waals surface area (Å²) in [7, 11) is 0. The predicted molar refractivity (Wildman–Crippen MR) is 50.9 cm³/mol. The Morgan fingerprint density at radius 2 is 2.54 bits per heavy atom. The maximum atomic E-state index is 11.3. The summed E-state index contributed by atoms with van der Waals surface area (Å²) in [5.74, 6) is -0.231. The summed E-state index contributed by atoms with van der Waals surface area (Å²) in [6, 6.07) is 0. The number of thiazole rings is 1. The summed E-state index contributed by atoms with van der Waals surface area (Å²) in [6.45, 7) is 3.72. The van der Waals surface area contributed by atoms with Gasteiger partial charge in [-0.15, -0.1) is 11.3 Å². The van der Waals surface area contributed by atoms with Gasteiger partial charge in [0.1, 0.15) is 5.69 Å². The van der Waals surface area contributed by atoms with Crippen molar-refractivity contribution < 1.29 is 9.90 Å². The summed E-state index contributed by atoms with van der Waals surface area (Å²) in [5.41, 5.74) is 0.420. The van der Waals surface area contributed by atoms with Gasteiger partial charge in [0.2, 0.25) is 0 Å². The molecule has 1 aromatic rings. The van der Waals surface area contributed by atoms with Crippen LogP contribution in [0.4, 0.5) is 0 Å². The molecule has 0 aliphatic heterocycles. The molecule has 72 valence electrons. The summed E-state index contributed by atoms with van der Waals surface area (Å²) < 4.78 is 0.